The van der Waals surface area contributed by atoms with E-state index in [1.165, 1.54) is 0 Å². The summed E-state index contributed by atoms with van der Waals surface area (Å²) in [6.45, 7) is 4.53. The lowest BCUT2D eigenvalue weighted by atomic mass is 10.3. The topological polar surface area (TPSA) is 37.4 Å². The Kier molecular flexibility index (Phi) is 4.98. The van der Waals surface area contributed by atoms with E-state index in [1.807, 2.05) is 0 Å². The summed E-state index contributed by atoms with van der Waals surface area (Å²) in [6.07, 6.45) is 0.764. The molecule has 1 aliphatic rings. The van der Waals surface area contributed by atoms with Crippen LogP contribution in [0.1, 0.15) is 6.42 Å². The van der Waals surface area contributed by atoms with E-state index >= 15 is 0 Å². The quantitative estimate of drug-likeness (QED) is 0.655. The number of morpholine rings is 1. The van der Waals surface area contributed by atoms with E-state index < -0.39 is 17.6 Å². The lowest BCUT2D eigenvalue weighted by Crippen LogP contribution is -2.37. The molecule has 0 unspecified atom stereocenters. The minimum absolute atomic E-state index is 0.249. The van der Waals surface area contributed by atoms with Crippen molar-refractivity contribution >= 4 is 5.82 Å². The highest BCUT2D eigenvalue weighted by molar-refractivity contribution is 5.35. The maximum absolute atomic E-state index is 13.3. The van der Waals surface area contributed by atoms with Gasteiger partial charge in [0.2, 0.25) is 0 Å². The average Bonchev–Trinajstić information content (AvgIpc) is 2.41. The molecule has 1 aromatic rings. The van der Waals surface area contributed by atoms with Gasteiger partial charge in [-0.2, -0.15) is 9.37 Å². The summed E-state index contributed by atoms with van der Waals surface area (Å²) >= 11 is 0. The Labute approximate surface area is 109 Å². The van der Waals surface area contributed by atoms with E-state index in [9.17, 15) is 13.2 Å². The third-order valence-corrected chi connectivity index (χ3v) is 2.93. The van der Waals surface area contributed by atoms with Gasteiger partial charge in [-0.25, -0.2) is 8.78 Å². The fourth-order valence-corrected chi connectivity index (χ4v) is 1.90. The number of hydrogen-bond donors (Lipinski definition) is 1. The van der Waals surface area contributed by atoms with Crippen LogP contribution < -0.4 is 5.32 Å². The molecule has 1 N–H and O–H groups in total. The fraction of sp³-hybridized carbons (Fsp3) is 0.583. The van der Waals surface area contributed by atoms with Gasteiger partial charge in [0, 0.05) is 25.7 Å². The third-order valence-electron chi connectivity index (χ3n) is 2.93. The Bertz CT molecular complexity index is 425. The number of pyridine rings is 1. The molecule has 0 spiro atoms. The molecule has 1 saturated heterocycles. The van der Waals surface area contributed by atoms with Gasteiger partial charge >= 0.3 is 0 Å². The predicted octanol–water partition coefficient (Wildman–Crippen LogP) is 1.63. The number of anilines is 1. The molecule has 4 nitrogen and oxygen atoms in total. The van der Waals surface area contributed by atoms with Gasteiger partial charge in [-0.15, -0.1) is 0 Å². The molecule has 1 fully saturated rings. The number of rotatable bonds is 5. The van der Waals surface area contributed by atoms with Crippen LogP contribution in [0.15, 0.2) is 6.07 Å². The standard InChI is InChI=1S/C12H16F3N3O/c13-9-8-10(14)12(17-11(9)15)16-2-1-3-18-4-6-19-7-5-18/h8H,1-7H2,(H,16,17). The van der Waals surface area contributed by atoms with Crippen LogP contribution in [0.5, 0.6) is 0 Å². The average molecular weight is 275 g/mol. The van der Waals surface area contributed by atoms with Crippen molar-refractivity contribution in [2.45, 2.75) is 6.42 Å². The van der Waals surface area contributed by atoms with Crippen molar-refractivity contribution in [1.82, 2.24) is 9.88 Å². The van der Waals surface area contributed by atoms with Crippen LogP contribution in [0.2, 0.25) is 0 Å². The number of nitrogens with one attached hydrogen (secondary N) is 1. The summed E-state index contributed by atoms with van der Waals surface area (Å²) < 4.78 is 44.0. The largest absolute Gasteiger partial charge is 0.379 e. The number of nitrogens with zero attached hydrogens (tertiary/aromatic N) is 2. The minimum atomic E-state index is -1.29. The first-order chi connectivity index (χ1) is 9.16. The first kappa shape index (κ1) is 14.1. The predicted molar refractivity (Wildman–Crippen MR) is 64.5 cm³/mol. The van der Waals surface area contributed by atoms with Crippen molar-refractivity contribution in [3.05, 3.63) is 23.6 Å². The lowest BCUT2D eigenvalue weighted by molar-refractivity contribution is 0.0378. The molecule has 1 aliphatic heterocycles. The van der Waals surface area contributed by atoms with E-state index in [0.717, 1.165) is 39.3 Å². The highest BCUT2D eigenvalue weighted by Gasteiger charge is 2.12. The van der Waals surface area contributed by atoms with E-state index in [1.54, 1.807) is 0 Å². The first-order valence-corrected chi connectivity index (χ1v) is 6.22. The zero-order valence-electron chi connectivity index (χ0n) is 10.5. The van der Waals surface area contributed by atoms with Crippen molar-refractivity contribution in [1.29, 1.82) is 0 Å². The third kappa shape index (κ3) is 4.07. The van der Waals surface area contributed by atoms with Crippen LogP contribution in [-0.4, -0.2) is 49.3 Å². The van der Waals surface area contributed by atoms with Gasteiger partial charge in [-0.3, -0.25) is 4.90 Å². The summed E-state index contributed by atoms with van der Waals surface area (Å²) in [5.41, 5.74) is 0. The molecule has 0 aliphatic carbocycles. The smallest absolute Gasteiger partial charge is 0.251 e. The van der Waals surface area contributed by atoms with Crippen LogP contribution >= 0.6 is 0 Å². The van der Waals surface area contributed by atoms with E-state index in [4.69, 9.17) is 4.74 Å². The van der Waals surface area contributed by atoms with Gasteiger partial charge in [0.25, 0.3) is 5.95 Å². The zero-order valence-corrected chi connectivity index (χ0v) is 10.5. The summed E-state index contributed by atoms with van der Waals surface area (Å²) in [5.74, 6) is -3.71. The van der Waals surface area contributed by atoms with Crippen LogP contribution in [0.3, 0.4) is 0 Å². The van der Waals surface area contributed by atoms with Gasteiger partial charge in [-0.05, 0) is 13.0 Å². The second kappa shape index (κ2) is 6.72. The molecule has 1 aromatic heterocycles. The first-order valence-electron chi connectivity index (χ1n) is 6.22. The number of hydrogen-bond acceptors (Lipinski definition) is 4. The van der Waals surface area contributed by atoms with Gasteiger partial charge in [-0.1, -0.05) is 0 Å². The van der Waals surface area contributed by atoms with Crippen molar-refractivity contribution in [3.63, 3.8) is 0 Å². The minimum Gasteiger partial charge on any atom is -0.379 e. The van der Waals surface area contributed by atoms with E-state index in [2.05, 4.69) is 15.2 Å². The molecule has 7 heteroatoms. The molecular weight excluding hydrogens is 259 g/mol. The summed E-state index contributed by atoms with van der Waals surface area (Å²) in [7, 11) is 0. The molecule has 0 aromatic carbocycles. The monoisotopic (exact) mass is 275 g/mol. The Morgan fingerprint density at radius 2 is 1.95 bits per heavy atom. The van der Waals surface area contributed by atoms with Crippen LogP contribution in [0, 0.1) is 17.6 Å². The Hall–Kier alpha value is -1.34. The second-order valence-corrected chi connectivity index (χ2v) is 4.33. The fourth-order valence-electron chi connectivity index (χ4n) is 1.90. The van der Waals surface area contributed by atoms with Crippen LogP contribution in [0.25, 0.3) is 0 Å². The van der Waals surface area contributed by atoms with E-state index in [0.29, 0.717) is 12.6 Å². The molecule has 0 amide bonds. The highest BCUT2D eigenvalue weighted by atomic mass is 19.2. The Morgan fingerprint density at radius 3 is 2.68 bits per heavy atom. The molecule has 19 heavy (non-hydrogen) atoms. The lowest BCUT2D eigenvalue weighted by Gasteiger charge is -2.26. The van der Waals surface area contributed by atoms with Crippen LogP contribution in [-0.2, 0) is 4.74 Å². The molecule has 106 valence electrons. The molecule has 2 rings (SSSR count). The molecule has 0 bridgehead atoms. The molecule has 0 saturated carbocycles. The van der Waals surface area contributed by atoms with Crippen molar-refractivity contribution in [2.75, 3.05) is 44.7 Å². The van der Waals surface area contributed by atoms with Crippen molar-refractivity contribution in [2.24, 2.45) is 0 Å². The SMILES string of the molecule is Fc1cc(F)c(NCCCN2CCOCC2)nc1F. The molecule has 0 atom stereocenters. The summed E-state index contributed by atoms with van der Waals surface area (Å²) in [4.78, 5) is 5.43. The Morgan fingerprint density at radius 1 is 1.21 bits per heavy atom. The van der Waals surface area contributed by atoms with Crippen molar-refractivity contribution in [3.8, 4) is 0 Å². The van der Waals surface area contributed by atoms with E-state index in [-0.39, 0.29) is 5.82 Å². The number of aromatic nitrogens is 1. The van der Waals surface area contributed by atoms with Gasteiger partial charge in [0.15, 0.2) is 17.5 Å². The van der Waals surface area contributed by atoms with Gasteiger partial charge in [0.05, 0.1) is 13.2 Å². The van der Waals surface area contributed by atoms with Gasteiger partial charge in [0.1, 0.15) is 0 Å². The summed E-state index contributed by atoms with van der Waals surface area (Å²) in [6, 6.07) is 0.493. The normalized spacial score (nSPS) is 16.6. The number of halogens is 3. The van der Waals surface area contributed by atoms with Crippen LogP contribution in [0.4, 0.5) is 19.0 Å². The number of ether oxygens (including phenoxy) is 1. The molecule has 2 heterocycles. The second-order valence-electron chi connectivity index (χ2n) is 4.33. The highest BCUT2D eigenvalue weighted by Crippen LogP contribution is 2.14. The maximum Gasteiger partial charge on any atom is 0.251 e. The molecular formula is C12H16F3N3O. The Balaban J connectivity index is 1.74. The summed E-state index contributed by atoms with van der Waals surface area (Å²) in [5, 5.41) is 2.67. The van der Waals surface area contributed by atoms with Gasteiger partial charge < -0.3 is 10.1 Å². The van der Waals surface area contributed by atoms with Crippen molar-refractivity contribution < 1.29 is 17.9 Å². The zero-order chi connectivity index (χ0) is 13.7. The maximum atomic E-state index is 13.3. The molecule has 0 radical (unpaired) electrons.